The Morgan fingerprint density at radius 3 is 2.57 bits per heavy atom. The average molecular weight is 418 g/mol. The van der Waals surface area contributed by atoms with Gasteiger partial charge in [0.2, 0.25) is 5.91 Å². The molecule has 2 aromatic carbocycles. The molecule has 2 heterocycles. The lowest BCUT2D eigenvalue weighted by Gasteiger charge is -2.27. The van der Waals surface area contributed by atoms with E-state index in [4.69, 9.17) is 11.6 Å². The molecule has 2 aromatic heterocycles. The monoisotopic (exact) mass is 417 g/mol. The molecule has 0 aliphatic carbocycles. The number of benzene rings is 2. The molecule has 0 saturated carbocycles. The molecule has 152 valence electrons. The van der Waals surface area contributed by atoms with Crippen LogP contribution in [0, 0.1) is 0 Å². The van der Waals surface area contributed by atoms with Crippen molar-refractivity contribution in [1.82, 2.24) is 14.9 Å². The van der Waals surface area contributed by atoms with Gasteiger partial charge in [-0.1, -0.05) is 54.1 Å². The Labute approximate surface area is 181 Å². The van der Waals surface area contributed by atoms with Crippen LogP contribution in [0.15, 0.2) is 73.1 Å². The second-order valence-electron chi connectivity index (χ2n) is 7.66. The third-order valence-corrected chi connectivity index (χ3v) is 5.63. The lowest BCUT2D eigenvalue weighted by Crippen LogP contribution is -2.37. The number of amides is 1. The lowest BCUT2D eigenvalue weighted by molar-refractivity contribution is -0.132. The third-order valence-electron chi connectivity index (χ3n) is 5.30. The predicted molar refractivity (Wildman–Crippen MR) is 122 cm³/mol. The number of aromatic nitrogens is 2. The van der Waals surface area contributed by atoms with Crippen LogP contribution < -0.4 is 0 Å². The number of aromatic amines is 1. The first kappa shape index (κ1) is 20.2. The summed E-state index contributed by atoms with van der Waals surface area (Å²) in [6.45, 7) is 4.62. The fourth-order valence-corrected chi connectivity index (χ4v) is 4.01. The molecule has 0 unspecified atom stereocenters. The molecular weight excluding hydrogens is 394 g/mol. The van der Waals surface area contributed by atoms with Gasteiger partial charge >= 0.3 is 0 Å². The molecule has 0 saturated heterocycles. The summed E-state index contributed by atoms with van der Waals surface area (Å²) in [6.07, 6.45) is 3.85. The van der Waals surface area contributed by atoms with E-state index in [1.54, 1.807) is 6.20 Å². The first-order valence-electron chi connectivity index (χ1n) is 10.1. The van der Waals surface area contributed by atoms with Crippen LogP contribution in [-0.4, -0.2) is 26.8 Å². The lowest BCUT2D eigenvalue weighted by atomic mass is 10.0. The quantitative estimate of drug-likeness (QED) is 0.427. The summed E-state index contributed by atoms with van der Waals surface area (Å²) >= 11 is 6.49. The Kier molecular flexibility index (Phi) is 5.86. The Hall–Kier alpha value is -3.11. The van der Waals surface area contributed by atoms with Crippen molar-refractivity contribution in [3.63, 3.8) is 0 Å². The van der Waals surface area contributed by atoms with Gasteiger partial charge in [-0.25, -0.2) is 0 Å². The van der Waals surface area contributed by atoms with E-state index < -0.39 is 0 Å². The molecule has 0 bridgehead atoms. The standard InChI is InChI=1S/C25H24ClN3O/c1-17(2)29(16-18-8-7-13-27-15-18)24(30)14-21-19-9-4-6-12-23(19)28-25(21)20-10-3-5-11-22(20)26/h3-13,15,17,28H,14,16H2,1-2H3. The zero-order valence-electron chi connectivity index (χ0n) is 17.1. The molecule has 1 amide bonds. The number of nitrogens with zero attached hydrogens (tertiary/aromatic N) is 2. The highest BCUT2D eigenvalue weighted by Crippen LogP contribution is 2.35. The predicted octanol–water partition coefficient (Wildman–Crippen LogP) is 5.86. The van der Waals surface area contributed by atoms with Gasteiger partial charge in [-0.05, 0) is 43.2 Å². The van der Waals surface area contributed by atoms with Gasteiger partial charge in [0.15, 0.2) is 0 Å². The smallest absolute Gasteiger partial charge is 0.227 e. The Bertz CT molecular complexity index is 1170. The molecule has 0 spiro atoms. The highest BCUT2D eigenvalue weighted by molar-refractivity contribution is 6.33. The Morgan fingerprint density at radius 2 is 1.83 bits per heavy atom. The molecule has 0 atom stereocenters. The van der Waals surface area contributed by atoms with Crippen molar-refractivity contribution in [1.29, 1.82) is 0 Å². The molecule has 4 rings (SSSR count). The van der Waals surface area contributed by atoms with Crippen LogP contribution in [0.2, 0.25) is 5.02 Å². The summed E-state index contributed by atoms with van der Waals surface area (Å²) in [7, 11) is 0. The minimum atomic E-state index is 0.0756. The number of para-hydroxylation sites is 1. The molecule has 4 aromatic rings. The number of hydrogen-bond donors (Lipinski definition) is 1. The number of H-pyrrole nitrogens is 1. The minimum Gasteiger partial charge on any atom is -0.354 e. The normalized spacial score (nSPS) is 11.2. The van der Waals surface area contributed by atoms with E-state index in [2.05, 4.69) is 16.0 Å². The van der Waals surface area contributed by atoms with Crippen molar-refractivity contribution < 1.29 is 4.79 Å². The van der Waals surface area contributed by atoms with Crippen molar-refractivity contribution in [2.24, 2.45) is 0 Å². The van der Waals surface area contributed by atoms with Gasteiger partial charge in [0.1, 0.15) is 0 Å². The van der Waals surface area contributed by atoms with E-state index >= 15 is 0 Å². The zero-order valence-corrected chi connectivity index (χ0v) is 17.9. The number of rotatable bonds is 6. The summed E-state index contributed by atoms with van der Waals surface area (Å²) in [5, 5.41) is 1.71. The zero-order chi connectivity index (χ0) is 21.1. The van der Waals surface area contributed by atoms with Gasteiger partial charge in [-0.3, -0.25) is 9.78 Å². The number of hydrogen-bond acceptors (Lipinski definition) is 2. The van der Waals surface area contributed by atoms with Crippen LogP contribution in [0.4, 0.5) is 0 Å². The summed E-state index contributed by atoms with van der Waals surface area (Å²) in [4.78, 5) is 23.0. The molecular formula is C25H24ClN3O. The largest absolute Gasteiger partial charge is 0.354 e. The van der Waals surface area contributed by atoms with Gasteiger partial charge in [0.05, 0.1) is 12.1 Å². The molecule has 0 aliphatic heterocycles. The first-order chi connectivity index (χ1) is 14.5. The van der Waals surface area contributed by atoms with Crippen molar-refractivity contribution in [2.45, 2.75) is 32.9 Å². The second kappa shape index (κ2) is 8.72. The third kappa shape index (κ3) is 4.10. The van der Waals surface area contributed by atoms with Gasteiger partial charge < -0.3 is 9.88 Å². The molecule has 5 heteroatoms. The summed E-state index contributed by atoms with van der Waals surface area (Å²) in [5.41, 5.74) is 4.80. The number of carbonyl (C=O) groups is 1. The van der Waals surface area contributed by atoms with Crippen molar-refractivity contribution in [3.05, 3.63) is 89.2 Å². The van der Waals surface area contributed by atoms with Gasteiger partial charge in [-0.2, -0.15) is 0 Å². The maximum absolute atomic E-state index is 13.4. The van der Waals surface area contributed by atoms with Crippen LogP contribution in [-0.2, 0) is 17.8 Å². The number of pyridine rings is 1. The molecule has 0 fully saturated rings. The maximum atomic E-state index is 13.4. The Morgan fingerprint density at radius 1 is 1.07 bits per heavy atom. The fourth-order valence-electron chi connectivity index (χ4n) is 3.78. The number of halogens is 1. The summed E-state index contributed by atoms with van der Waals surface area (Å²) in [6, 6.07) is 19.8. The highest BCUT2D eigenvalue weighted by atomic mass is 35.5. The summed E-state index contributed by atoms with van der Waals surface area (Å²) < 4.78 is 0. The van der Waals surface area contributed by atoms with Gasteiger partial charge in [0.25, 0.3) is 0 Å². The van der Waals surface area contributed by atoms with Crippen molar-refractivity contribution in [2.75, 3.05) is 0 Å². The van der Waals surface area contributed by atoms with Crippen LogP contribution in [0.25, 0.3) is 22.2 Å². The molecule has 0 aliphatic rings. The second-order valence-corrected chi connectivity index (χ2v) is 8.06. The van der Waals surface area contributed by atoms with E-state index in [1.165, 1.54) is 0 Å². The molecule has 1 N–H and O–H groups in total. The van der Waals surface area contributed by atoms with Crippen LogP contribution >= 0.6 is 11.6 Å². The number of fused-ring (bicyclic) bond motifs is 1. The summed E-state index contributed by atoms with van der Waals surface area (Å²) in [5.74, 6) is 0.0758. The van der Waals surface area contributed by atoms with Gasteiger partial charge in [-0.15, -0.1) is 0 Å². The van der Waals surface area contributed by atoms with E-state index in [0.717, 1.165) is 33.3 Å². The molecule has 0 radical (unpaired) electrons. The van der Waals surface area contributed by atoms with E-state index in [1.807, 2.05) is 79.5 Å². The van der Waals surface area contributed by atoms with Crippen LogP contribution in [0.1, 0.15) is 25.0 Å². The van der Waals surface area contributed by atoms with Gasteiger partial charge in [0, 0.05) is 46.5 Å². The van der Waals surface area contributed by atoms with E-state index in [0.29, 0.717) is 18.0 Å². The van der Waals surface area contributed by atoms with Crippen LogP contribution in [0.5, 0.6) is 0 Å². The van der Waals surface area contributed by atoms with E-state index in [9.17, 15) is 4.79 Å². The molecule has 4 nitrogen and oxygen atoms in total. The minimum absolute atomic E-state index is 0.0756. The highest BCUT2D eigenvalue weighted by Gasteiger charge is 2.22. The molecule has 30 heavy (non-hydrogen) atoms. The topological polar surface area (TPSA) is 49.0 Å². The fraction of sp³-hybridized carbons (Fsp3) is 0.200. The number of nitrogens with one attached hydrogen (secondary N) is 1. The number of carbonyl (C=O) groups excluding carboxylic acids is 1. The van der Waals surface area contributed by atoms with E-state index in [-0.39, 0.29) is 11.9 Å². The first-order valence-corrected chi connectivity index (χ1v) is 10.4. The maximum Gasteiger partial charge on any atom is 0.227 e. The average Bonchev–Trinajstić information content (AvgIpc) is 3.11. The SMILES string of the molecule is CC(C)N(Cc1cccnc1)C(=O)Cc1c(-c2ccccc2Cl)[nH]c2ccccc12. The van der Waals surface area contributed by atoms with Crippen molar-refractivity contribution in [3.8, 4) is 11.3 Å². The van der Waals surface area contributed by atoms with Crippen LogP contribution in [0.3, 0.4) is 0 Å². The Balaban J connectivity index is 1.72. The van der Waals surface area contributed by atoms with Crippen molar-refractivity contribution >= 4 is 28.4 Å².